The highest BCUT2D eigenvalue weighted by Crippen LogP contribution is 2.53. The zero-order chi connectivity index (χ0) is 30.6. The van der Waals surface area contributed by atoms with Crippen LogP contribution < -0.4 is 0 Å². The van der Waals surface area contributed by atoms with Crippen LogP contribution in [0.4, 0.5) is 0 Å². The van der Waals surface area contributed by atoms with Gasteiger partial charge < -0.3 is 4.42 Å². The van der Waals surface area contributed by atoms with Gasteiger partial charge in [-0.3, -0.25) is 4.98 Å². The molecule has 0 N–H and O–H groups in total. The highest BCUT2D eigenvalue weighted by atomic mass is 16.3. The molecule has 0 aliphatic heterocycles. The summed E-state index contributed by atoms with van der Waals surface area (Å²) in [5, 5.41) is 6.95. The van der Waals surface area contributed by atoms with E-state index in [-0.39, 0.29) is 5.41 Å². The first-order chi connectivity index (χ1) is 22.6. The zero-order valence-corrected chi connectivity index (χ0v) is 25.5. The van der Waals surface area contributed by atoms with Gasteiger partial charge in [0, 0.05) is 44.3 Å². The molecule has 0 unspecified atom stereocenters. The van der Waals surface area contributed by atoms with E-state index in [1.165, 1.54) is 54.9 Å². The van der Waals surface area contributed by atoms with E-state index >= 15 is 0 Å². The smallest absolute Gasteiger partial charge is 0.140 e. The number of fused-ring (bicyclic) bond motifs is 11. The number of hydrogen-bond acceptors (Lipinski definition) is 3. The van der Waals surface area contributed by atoms with Gasteiger partial charge in [0.25, 0.3) is 0 Å². The third-order valence-corrected chi connectivity index (χ3v) is 10.1. The first-order valence-electron chi connectivity index (χ1n) is 15.8. The molecule has 0 saturated heterocycles. The Hall–Kier alpha value is -5.80. The van der Waals surface area contributed by atoms with Crippen LogP contribution in [0.5, 0.6) is 0 Å². The van der Waals surface area contributed by atoms with Gasteiger partial charge in [-0.05, 0) is 68.9 Å². The fraction of sp³-hybridized carbons (Fsp3) is 0.0698. The van der Waals surface area contributed by atoms with E-state index in [1.54, 1.807) is 0 Å². The summed E-state index contributed by atoms with van der Waals surface area (Å²) >= 11 is 0. The lowest BCUT2D eigenvalue weighted by Gasteiger charge is -2.22. The Kier molecular flexibility index (Phi) is 5.06. The summed E-state index contributed by atoms with van der Waals surface area (Å²) in [6.45, 7) is 4.67. The van der Waals surface area contributed by atoms with Crippen molar-refractivity contribution in [2.75, 3.05) is 0 Å². The van der Waals surface area contributed by atoms with Gasteiger partial charge in [-0.15, -0.1) is 0 Å². The lowest BCUT2D eigenvalue weighted by Crippen LogP contribution is -2.15. The van der Waals surface area contributed by atoms with Crippen LogP contribution in [-0.4, -0.2) is 9.97 Å². The summed E-state index contributed by atoms with van der Waals surface area (Å²) in [6, 6.07) is 45.6. The summed E-state index contributed by atoms with van der Waals surface area (Å²) in [7, 11) is 0. The molecule has 3 heteroatoms. The summed E-state index contributed by atoms with van der Waals surface area (Å²) in [4.78, 5) is 9.86. The Labute approximate surface area is 265 Å². The number of benzene rings is 6. The fourth-order valence-corrected chi connectivity index (χ4v) is 7.88. The summed E-state index contributed by atoms with van der Waals surface area (Å²) in [6.07, 6.45) is 1.84. The van der Waals surface area contributed by atoms with Crippen LogP contribution in [-0.2, 0) is 5.41 Å². The normalized spacial score (nSPS) is 13.6. The molecular weight excluding hydrogens is 560 g/mol. The van der Waals surface area contributed by atoms with Crippen molar-refractivity contribution in [2.24, 2.45) is 0 Å². The molecule has 0 fully saturated rings. The maximum Gasteiger partial charge on any atom is 0.140 e. The standard InChI is InChI=1S/C43H28N2O/c1-43(2)36-24-27(15-17-31(36)34-20-21-35-33-11-5-6-12-38(33)46-42(35)39(34)43)28-18-19-32(30-10-4-3-9-29(28)30)37-22-16-26-14-13-25-8-7-23-44-40(25)41(26)45-37/h3-24H,1-2H3. The van der Waals surface area contributed by atoms with Gasteiger partial charge in [-0.2, -0.15) is 0 Å². The molecule has 1 aliphatic rings. The molecule has 3 nitrogen and oxygen atoms in total. The molecule has 0 saturated carbocycles. The van der Waals surface area contributed by atoms with Gasteiger partial charge >= 0.3 is 0 Å². The molecule has 10 rings (SSSR count). The van der Waals surface area contributed by atoms with E-state index < -0.39 is 0 Å². The van der Waals surface area contributed by atoms with Crippen LogP contribution in [0.3, 0.4) is 0 Å². The molecular formula is C43H28N2O. The lowest BCUT2D eigenvalue weighted by atomic mass is 9.80. The summed E-state index contributed by atoms with van der Waals surface area (Å²) in [5.74, 6) is 0. The predicted molar refractivity (Wildman–Crippen MR) is 190 cm³/mol. The first-order valence-corrected chi connectivity index (χ1v) is 15.8. The van der Waals surface area contributed by atoms with Gasteiger partial charge in [0.1, 0.15) is 11.2 Å². The quantitative estimate of drug-likeness (QED) is 0.189. The third-order valence-electron chi connectivity index (χ3n) is 10.1. The molecule has 1 aliphatic carbocycles. The van der Waals surface area contributed by atoms with Crippen molar-refractivity contribution in [1.82, 2.24) is 9.97 Å². The van der Waals surface area contributed by atoms with Gasteiger partial charge in [-0.1, -0.05) is 111 Å². The highest BCUT2D eigenvalue weighted by molar-refractivity contribution is 6.10. The Morgan fingerprint density at radius 2 is 1.24 bits per heavy atom. The molecule has 0 amide bonds. The minimum Gasteiger partial charge on any atom is -0.456 e. The van der Waals surface area contributed by atoms with Crippen LogP contribution in [0.15, 0.2) is 138 Å². The average molecular weight is 589 g/mol. The molecule has 0 radical (unpaired) electrons. The van der Waals surface area contributed by atoms with E-state index in [0.29, 0.717) is 0 Å². The highest BCUT2D eigenvalue weighted by Gasteiger charge is 2.38. The SMILES string of the molecule is CC1(C)c2cc(-c3ccc(-c4ccc5ccc6cccnc6c5n4)c4ccccc34)ccc2-c2ccc3c(oc4ccccc43)c21. The van der Waals surface area contributed by atoms with Gasteiger partial charge in [0.05, 0.1) is 16.7 Å². The van der Waals surface area contributed by atoms with Crippen molar-refractivity contribution in [1.29, 1.82) is 0 Å². The molecule has 216 valence electrons. The molecule has 9 aromatic rings. The minimum absolute atomic E-state index is 0.213. The number of rotatable bonds is 2. The largest absolute Gasteiger partial charge is 0.456 e. The first kappa shape index (κ1) is 25.5. The lowest BCUT2D eigenvalue weighted by molar-refractivity contribution is 0.620. The van der Waals surface area contributed by atoms with Crippen LogP contribution in [0.1, 0.15) is 25.0 Å². The Bertz CT molecular complexity index is 2730. The Balaban J connectivity index is 1.13. The van der Waals surface area contributed by atoms with Crippen molar-refractivity contribution in [3.05, 3.63) is 145 Å². The molecule has 0 atom stereocenters. The van der Waals surface area contributed by atoms with Crippen molar-refractivity contribution < 1.29 is 4.42 Å². The Morgan fingerprint density at radius 1 is 0.543 bits per heavy atom. The number of pyridine rings is 2. The second kappa shape index (κ2) is 9.12. The van der Waals surface area contributed by atoms with E-state index in [4.69, 9.17) is 9.40 Å². The van der Waals surface area contributed by atoms with E-state index in [9.17, 15) is 0 Å². The van der Waals surface area contributed by atoms with Gasteiger partial charge in [-0.25, -0.2) is 4.98 Å². The topological polar surface area (TPSA) is 38.9 Å². The zero-order valence-electron chi connectivity index (χ0n) is 25.5. The maximum absolute atomic E-state index is 6.53. The monoisotopic (exact) mass is 588 g/mol. The van der Waals surface area contributed by atoms with Crippen molar-refractivity contribution in [3.8, 4) is 33.5 Å². The summed E-state index contributed by atoms with van der Waals surface area (Å²) in [5.41, 5.74) is 13.3. The number of aromatic nitrogens is 2. The minimum atomic E-state index is -0.213. The second-order valence-electron chi connectivity index (χ2n) is 13.0. The predicted octanol–water partition coefficient (Wildman–Crippen LogP) is 11.5. The number of hydrogen-bond donors (Lipinski definition) is 0. The van der Waals surface area contributed by atoms with Gasteiger partial charge in [0.15, 0.2) is 0 Å². The van der Waals surface area contributed by atoms with Crippen molar-refractivity contribution >= 4 is 54.5 Å². The maximum atomic E-state index is 6.53. The van der Waals surface area contributed by atoms with E-state index in [0.717, 1.165) is 44.2 Å². The van der Waals surface area contributed by atoms with E-state index in [1.807, 2.05) is 18.3 Å². The van der Waals surface area contributed by atoms with Crippen LogP contribution in [0, 0.1) is 0 Å². The Morgan fingerprint density at radius 3 is 2.11 bits per heavy atom. The fourth-order valence-electron chi connectivity index (χ4n) is 7.88. The molecule has 3 heterocycles. The molecule has 0 bridgehead atoms. The van der Waals surface area contributed by atoms with Crippen molar-refractivity contribution in [2.45, 2.75) is 19.3 Å². The van der Waals surface area contributed by atoms with E-state index in [2.05, 4.69) is 134 Å². The number of para-hydroxylation sites is 1. The van der Waals surface area contributed by atoms with Crippen LogP contribution in [0.25, 0.3) is 88.0 Å². The van der Waals surface area contributed by atoms with Crippen LogP contribution in [0.2, 0.25) is 0 Å². The second-order valence-corrected chi connectivity index (χ2v) is 13.0. The summed E-state index contributed by atoms with van der Waals surface area (Å²) < 4.78 is 6.53. The van der Waals surface area contributed by atoms with Gasteiger partial charge in [0.2, 0.25) is 0 Å². The number of furan rings is 1. The molecule has 0 spiro atoms. The third kappa shape index (κ3) is 3.43. The molecule has 3 aromatic heterocycles. The molecule has 6 aromatic carbocycles. The number of nitrogens with zero attached hydrogens (tertiary/aromatic N) is 2. The molecule has 46 heavy (non-hydrogen) atoms. The van der Waals surface area contributed by atoms with Crippen LogP contribution >= 0.6 is 0 Å². The average Bonchev–Trinajstić information content (AvgIpc) is 3.59. The van der Waals surface area contributed by atoms with Crippen molar-refractivity contribution in [3.63, 3.8) is 0 Å².